The van der Waals surface area contributed by atoms with E-state index in [2.05, 4.69) is 0 Å². The number of halogens is 1. The van der Waals surface area contributed by atoms with Gasteiger partial charge in [0, 0.05) is 53.5 Å². The molecule has 6 heteroatoms. The molecular formula is C22H23FN2O2S. The van der Waals surface area contributed by atoms with Gasteiger partial charge in [-0.25, -0.2) is 4.39 Å². The predicted molar refractivity (Wildman–Crippen MR) is 109 cm³/mol. The van der Waals surface area contributed by atoms with Gasteiger partial charge < -0.3 is 9.80 Å². The summed E-state index contributed by atoms with van der Waals surface area (Å²) in [5.41, 5.74) is 0.575. The molecule has 0 spiro atoms. The second-order valence-electron chi connectivity index (χ2n) is 7.29. The normalized spacial score (nSPS) is 17.8. The van der Waals surface area contributed by atoms with Gasteiger partial charge in [0.05, 0.1) is 0 Å². The van der Waals surface area contributed by atoms with Gasteiger partial charge in [0.2, 0.25) is 11.8 Å². The van der Waals surface area contributed by atoms with E-state index in [1.165, 1.54) is 17.4 Å². The maximum atomic E-state index is 13.9. The minimum Gasteiger partial charge on any atom is -0.339 e. The van der Waals surface area contributed by atoms with Crippen molar-refractivity contribution in [2.45, 2.75) is 19.3 Å². The summed E-state index contributed by atoms with van der Waals surface area (Å²) in [7, 11) is 0. The van der Waals surface area contributed by atoms with Crippen molar-refractivity contribution in [3.8, 4) is 10.4 Å². The molecule has 2 aromatic rings. The van der Waals surface area contributed by atoms with Crippen molar-refractivity contribution < 1.29 is 14.0 Å². The lowest BCUT2D eigenvalue weighted by molar-refractivity contribution is -0.142. The number of carbonyl (C=O) groups excluding carboxylic acids is 2. The molecule has 2 aliphatic rings. The van der Waals surface area contributed by atoms with Crippen molar-refractivity contribution in [3.05, 3.63) is 53.2 Å². The third kappa shape index (κ3) is 4.02. The van der Waals surface area contributed by atoms with Crippen LogP contribution in [0.15, 0.2) is 42.5 Å². The molecule has 2 amide bonds. The molecule has 1 aliphatic carbocycles. The number of hydrogen-bond donors (Lipinski definition) is 0. The summed E-state index contributed by atoms with van der Waals surface area (Å²) in [6.45, 7) is 2.38. The highest BCUT2D eigenvalue weighted by Crippen LogP contribution is 2.31. The van der Waals surface area contributed by atoms with Crippen molar-refractivity contribution in [1.29, 1.82) is 0 Å². The molecule has 0 N–H and O–H groups in total. The van der Waals surface area contributed by atoms with Crippen LogP contribution in [0.4, 0.5) is 4.39 Å². The number of hydrogen-bond acceptors (Lipinski definition) is 3. The first-order valence-corrected chi connectivity index (χ1v) is 10.5. The first kappa shape index (κ1) is 18.9. The molecule has 146 valence electrons. The fourth-order valence-corrected chi connectivity index (χ4v) is 4.51. The lowest BCUT2D eigenvalue weighted by atomic mass is 9.84. The second kappa shape index (κ2) is 8.27. The van der Waals surface area contributed by atoms with E-state index in [0.717, 1.165) is 29.0 Å². The molecule has 0 radical (unpaired) electrons. The first-order chi connectivity index (χ1) is 13.6. The van der Waals surface area contributed by atoms with Crippen LogP contribution in [-0.4, -0.2) is 47.8 Å². The fourth-order valence-electron chi connectivity index (χ4n) is 3.57. The lowest BCUT2D eigenvalue weighted by Crippen LogP contribution is -2.52. The Morgan fingerprint density at radius 2 is 1.71 bits per heavy atom. The van der Waals surface area contributed by atoms with Crippen molar-refractivity contribution >= 4 is 29.2 Å². The molecule has 0 atom stereocenters. The zero-order valence-corrected chi connectivity index (χ0v) is 16.5. The molecular weight excluding hydrogens is 375 g/mol. The van der Waals surface area contributed by atoms with E-state index in [4.69, 9.17) is 0 Å². The van der Waals surface area contributed by atoms with E-state index in [-0.39, 0.29) is 23.5 Å². The monoisotopic (exact) mass is 398 g/mol. The summed E-state index contributed by atoms with van der Waals surface area (Å²) >= 11 is 1.45. The Kier molecular flexibility index (Phi) is 5.57. The van der Waals surface area contributed by atoms with Crippen LogP contribution >= 0.6 is 11.3 Å². The van der Waals surface area contributed by atoms with Gasteiger partial charge in [0.25, 0.3) is 0 Å². The molecule has 0 unspecified atom stereocenters. The van der Waals surface area contributed by atoms with E-state index in [1.807, 2.05) is 23.1 Å². The molecule has 1 saturated heterocycles. The highest BCUT2D eigenvalue weighted by atomic mass is 32.1. The molecule has 2 fully saturated rings. The minimum absolute atomic E-state index is 0.0448. The van der Waals surface area contributed by atoms with E-state index >= 15 is 0 Å². The van der Waals surface area contributed by atoms with Gasteiger partial charge in [-0.05, 0) is 37.1 Å². The Labute approximate surface area is 168 Å². The van der Waals surface area contributed by atoms with Crippen LogP contribution in [0.25, 0.3) is 16.5 Å². The zero-order valence-electron chi connectivity index (χ0n) is 15.6. The predicted octanol–water partition coefficient (Wildman–Crippen LogP) is 4.04. The van der Waals surface area contributed by atoms with Crippen molar-refractivity contribution in [2.24, 2.45) is 5.92 Å². The van der Waals surface area contributed by atoms with Gasteiger partial charge in [-0.1, -0.05) is 24.6 Å². The highest BCUT2D eigenvalue weighted by Gasteiger charge is 2.31. The third-order valence-corrected chi connectivity index (χ3v) is 6.60. The van der Waals surface area contributed by atoms with Crippen LogP contribution in [0.1, 0.15) is 24.1 Å². The van der Waals surface area contributed by atoms with Crippen molar-refractivity contribution in [3.63, 3.8) is 0 Å². The van der Waals surface area contributed by atoms with E-state index < -0.39 is 0 Å². The average Bonchev–Trinajstić information content (AvgIpc) is 3.14. The van der Waals surface area contributed by atoms with Crippen LogP contribution in [0.3, 0.4) is 0 Å². The van der Waals surface area contributed by atoms with E-state index in [1.54, 1.807) is 29.2 Å². The number of nitrogens with zero attached hydrogens (tertiary/aromatic N) is 2. The second-order valence-corrected chi connectivity index (χ2v) is 8.41. The Morgan fingerprint density at radius 1 is 1.00 bits per heavy atom. The number of benzene rings is 1. The van der Waals surface area contributed by atoms with Gasteiger partial charge in [-0.3, -0.25) is 9.59 Å². The van der Waals surface area contributed by atoms with E-state index in [9.17, 15) is 14.0 Å². The first-order valence-electron chi connectivity index (χ1n) is 9.72. The molecule has 1 aliphatic heterocycles. The van der Waals surface area contributed by atoms with Gasteiger partial charge in [0.15, 0.2) is 0 Å². The van der Waals surface area contributed by atoms with Crippen LogP contribution in [0, 0.1) is 11.7 Å². The molecule has 0 bridgehead atoms. The van der Waals surface area contributed by atoms with E-state index in [0.29, 0.717) is 31.7 Å². The topological polar surface area (TPSA) is 40.6 Å². The van der Waals surface area contributed by atoms with Crippen molar-refractivity contribution in [2.75, 3.05) is 26.2 Å². The van der Waals surface area contributed by atoms with Gasteiger partial charge in [-0.15, -0.1) is 11.3 Å². The molecule has 4 rings (SSSR count). The van der Waals surface area contributed by atoms with Crippen LogP contribution in [0.2, 0.25) is 0 Å². The number of piperazine rings is 1. The average molecular weight is 399 g/mol. The number of amides is 2. The number of rotatable bonds is 4. The Balaban J connectivity index is 1.32. The van der Waals surface area contributed by atoms with Crippen molar-refractivity contribution in [1.82, 2.24) is 9.80 Å². The number of thiophene rings is 1. The Hall–Kier alpha value is -2.47. The molecule has 2 heterocycles. The van der Waals surface area contributed by atoms with Crippen LogP contribution in [-0.2, 0) is 9.59 Å². The zero-order chi connectivity index (χ0) is 19.5. The molecule has 28 heavy (non-hydrogen) atoms. The highest BCUT2D eigenvalue weighted by molar-refractivity contribution is 7.16. The van der Waals surface area contributed by atoms with Crippen LogP contribution in [0.5, 0.6) is 0 Å². The summed E-state index contributed by atoms with van der Waals surface area (Å²) in [6.07, 6.45) is 6.53. The third-order valence-electron chi connectivity index (χ3n) is 5.51. The summed E-state index contributed by atoms with van der Waals surface area (Å²) in [6, 6.07) is 10.5. The lowest BCUT2D eigenvalue weighted by Gasteiger charge is -2.37. The minimum atomic E-state index is -0.245. The Bertz CT molecular complexity index is 895. The summed E-state index contributed by atoms with van der Waals surface area (Å²) < 4.78 is 13.9. The smallest absolute Gasteiger partial charge is 0.246 e. The van der Waals surface area contributed by atoms with Gasteiger partial charge in [-0.2, -0.15) is 0 Å². The maximum absolute atomic E-state index is 13.9. The molecule has 4 nitrogen and oxygen atoms in total. The van der Waals surface area contributed by atoms with Crippen LogP contribution < -0.4 is 0 Å². The number of carbonyl (C=O) groups is 2. The SMILES string of the molecule is O=C(/C=C/c1ccc(-c2ccccc2F)s1)N1CCN(C(=O)C2CCC2)CC1. The van der Waals surface area contributed by atoms with Gasteiger partial charge >= 0.3 is 0 Å². The molecule has 1 aromatic carbocycles. The fraction of sp³-hybridized carbons (Fsp3) is 0.364. The molecule has 1 aromatic heterocycles. The summed E-state index contributed by atoms with van der Waals surface area (Å²) in [4.78, 5) is 30.2. The largest absolute Gasteiger partial charge is 0.339 e. The quantitative estimate of drug-likeness (QED) is 0.730. The summed E-state index contributed by atoms with van der Waals surface area (Å²) in [5.74, 6) is 0.180. The van der Waals surface area contributed by atoms with Gasteiger partial charge in [0.1, 0.15) is 5.82 Å². The maximum Gasteiger partial charge on any atom is 0.246 e. The Morgan fingerprint density at radius 3 is 2.39 bits per heavy atom. The standard InChI is InChI=1S/C22H23FN2O2S/c23-19-7-2-1-6-18(19)20-10-8-17(28-20)9-11-21(26)24-12-14-25(15-13-24)22(27)16-4-3-5-16/h1-2,6-11,16H,3-5,12-15H2/b11-9+. The molecule has 1 saturated carbocycles. The summed E-state index contributed by atoms with van der Waals surface area (Å²) in [5, 5.41) is 0.